The van der Waals surface area contributed by atoms with Crippen LogP contribution in [0.4, 0.5) is 0 Å². The summed E-state index contributed by atoms with van der Waals surface area (Å²) >= 11 is 0. The maximum absolute atomic E-state index is 11.2. The van der Waals surface area contributed by atoms with E-state index in [4.69, 9.17) is 5.73 Å². The van der Waals surface area contributed by atoms with Crippen LogP contribution in [0.3, 0.4) is 0 Å². The van der Waals surface area contributed by atoms with Crippen LogP contribution >= 0.6 is 0 Å². The summed E-state index contributed by atoms with van der Waals surface area (Å²) in [6.07, 6.45) is 0.838. The smallest absolute Gasteiger partial charge is 0.236 e. The molecule has 1 atom stereocenters. The van der Waals surface area contributed by atoms with Crippen molar-refractivity contribution in [3.63, 3.8) is 0 Å². The van der Waals surface area contributed by atoms with E-state index in [-0.39, 0.29) is 18.4 Å². The molecule has 2 amide bonds. The van der Waals surface area contributed by atoms with E-state index in [1.165, 1.54) is 0 Å². The molecule has 68 valence electrons. The first-order chi connectivity index (χ1) is 5.70. The van der Waals surface area contributed by atoms with Crippen LogP contribution in [0.15, 0.2) is 0 Å². The second-order valence-corrected chi connectivity index (χ2v) is 2.87. The van der Waals surface area contributed by atoms with Gasteiger partial charge < -0.3 is 16.4 Å². The van der Waals surface area contributed by atoms with Crippen LogP contribution in [-0.4, -0.2) is 31.4 Å². The number of amides is 2. The van der Waals surface area contributed by atoms with E-state index in [1.807, 2.05) is 0 Å². The Balaban J connectivity index is 2.23. The van der Waals surface area contributed by atoms with Crippen molar-refractivity contribution in [1.82, 2.24) is 10.6 Å². The van der Waals surface area contributed by atoms with E-state index in [1.54, 1.807) is 0 Å². The van der Waals surface area contributed by atoms with Crippen LogP contribution in [0, 0.1) is 5.92 Å². The van der Waals surface area contributed by atoms with Crippen molar-refractivity contribution in [2.45, 2.75) is 6.42 Å². The standard InChI is InChI=1S/C7H13N3O2/c8-6(11)4-10-7(12)5-1-2-9-3-5/h5,9H,1-4H2,(H2,8,11)(H,10,12)/t5-/m1/s1. The lowest BCUT2D eigenvalue weighted by atomic mass is 10.1. The highest BCUT2D eigenvalue weighted by molar-refractivity contribution is 5.85. The molecule has 1 heterocycles. The highest BCUT2D eigenvalue weighted by Gasteiger charge is 2.21. The topological polar surface area (TPSA) is 84.2 Å². The molecule has 0 bridgehead atoms. The van der Waals surface area contributed by atoms with Crippen molar-refractivity contribution in [2.24, 2.45) is 11.7 Å². The van der Waals surface area contributed by atoms with Gasteiger partial charge >= 0.3 is 0 Å². The lowest BCUT2D eigenvalue weighted by Crippen LogP contribution is -2.37. The van der Waals surface area contributed by atoms with Gasteiger partial charge in [-0.3, -0.25) is 9.59 Å². The van der Waals surface area contributed by atoms with Crippen LogP contribution in [0.5, 0.6) is 0 Å². The van der Waals surface area contributed by atoms with Crippen molar-refractivity contribution in [2.75, 3.05) is 19.6 Å². The molecule has 0 aromatic rings. The number of primary amides is 1. The van der Waals surface area contributed by atoms with Gasteiger partial charge in [-0.25, -0.2) is 0 Å². The van der Waals surface area contributed by atoms with E-state index in [0.717, 1.165) is 13.0 Å². The summed E-state index contributed by atoms with van der Waals surface area (Å²) < 4.78 is 0. The number of carbonyl (C=O) groups is 2. The Kier molecular flexibility index (Phi) is 3.04. The molecule has 12 heavy (non-hydrogen) atoms. The van der Waals surface area contributed by atoms with Gasteiger partial charge in [-0.15, -0.1) is 0 Å². The molecular weight excluding hydrogens is 158 g/mol. The van der Waals surface area contributed by atoms with Crippen molar-refractivity contribution < 1.29 is 9.59 Å². The maximum Gasteiger partial charge on any atom is 0.236 e. The minimum atomic E-state index is -0.505. The number of rotatable bonds is 3. The van der Waals surface area contributed by atoms with E-state index in [0.29, 0.717) is 6.54 Å². The van der Waals surface area contributed by atoms with Crippen LogP contribution in [0.2, 0.25) is 0 Å². The first-order valence-corrected chi connectivity index (χ1v) is 3.97. The first-order valence-electron chi connectivity index (χ1n) is 3.97. The van der Waals surface area contributed by atoms with E-state index < -0.39 is 5.91 Å². The van der Waals surface area contributed by atoms with Gasteiger partial charge in [0.2, 0.25) is 11.8 Å². The number of carbonyl (C=O) groups excluding carboxylic acids is 2. The molecule has 1 aliphatic rings. The van der Waals surface area contributed by atoms with Gasteiger partial charge in [-0.1, -0.05) is 0 Å². The lowest BCUT2D eigenvalue weighted by molar-refractivity contribution is -0.127. The number of nitrogens with one attached hydrogen (secondary N) is 2. The van der Waals surface area contributed by atoms with Crippen molar-refractivity contribution in [3.8, 4) is 0 Å². The first kappa shape index (κ1) is 8.99. The minimum Gasteiger partial charge on any atom is -0.368 e. The van der Waals surface area contributed by atoms with Gasteiger partial charge in [0.15, 0.2) is 0 Å². The predicted molar refractivity (Wildman–Crippen MR) is 43.2 cm³/mol. The van der Waals surface area contributed by atoms with Gasteiger partial charge in [0, 0.05) is 6.54 Å². The molecule has 0 radical (unpaired) electrons. The van der Waals surface area contributed by atoms with Crippen LogP contribution < -0.4 is 16.4 Å². The summed E-state index contributed by atoms with van der Waals surface area (Å²) in [6.45, 7) is 1.51. The van der Waals surface area contributed by atoms with Gasteiger partial charge in [-0.05, 0) is 13.0 Å². The normalized spacial score (nSPS) is 22.2. The fourth-order valence-corrected chi connectivity index (χ4v) is 1.20. The molecule has 4 N–H and O–H groups in total. The molecule has 1 aliphatic heterocycles. The molecule has 0 aromatic carbocycles. The summed E-state index contributed by atoms with van der Waals surface area (Å²) in [7, 11) is 0. The summed E-state index contributed by atoms with van der Waals surface area (Å²) in [5.41, 5.74) is 4.87. The average molecular weight is 171 g/mol. The number of hydrogen-bond acceptors (Lipinski definition) is 3. The van der Waals surface area contributed by atoms with Crippen LogP contribution in [0.1, 0.15) is 6.42 Å². The fraction of sp³-hybridized carbons (Fsp3) is 0.714. The molecular formula is C7H13N3O2. The average Bonchev–Trinajstić information content (AvgIpc) is 2.51. The van der Waals surface area contributed by atoms with E-state index in [9.17, 15) is 9.59 Å². The van der Waals surface area contributed by atoms with Crippen LogP contribution in [-0.2, 0) is 9.59 Å². The van der Waals surface area contributed by atoms with Gasteiger partial charge in [-0.2, -0.15) is 0 Å². The predicted octanol–water partition coefficient (Wildman–Crippen LogP) is -1.80. The van der Waals surface area contributed by atoms with E-state index in [2.05, 4.69) is 10.6 Å². The van der Waals surface area contributed by atoms with E-state index >= 15 is 0 Å². The van der Waals surface area contributed by atoms with Gasteiger partial charge in [0.05, 0.1) is 12.5 Å². The van der Waals surface area contributed by atoms with Crippen molar-refractivity contribution >= 4 is 11.8 Å². The Bertz CT molecular complexity index is 187. The zero-order valence-electron chi connectivity index (χ0n) is 6.80. The Labute approximate surface area is 70.7 Å². The van der Waals surface area contributed by atoms with Gasteiger partial charge in [0.25, 0.3) is 0 Å². The molecule has 0 spiro atoms. The lowest BCUT2D eigenvalue weighted by Gasteiger charge is -2.07. The SMILES string of the molecule is NC(=O)CNC(=O)[C@@H]1CCNC1. The minimum absolute atomic E-state index is 0.00403. The molecule has 1 saturated heterocycles. The van der Waals surface area contributed by atoms with Crippen LogP contribution in [0.25, 0.3) is 0 Å². The molecule has 1 rings (SSSR count). The zero-order valence-corrected chi connectivity index (χ0v) is 6.80. The second kappa shape index (κ2) is 4.06. The largest absolute Gasteiger partial charge is 0.368 e. The number of nitrogens with two attached hydrogens (primary N) is 1. The molecule has 5 nitrogen and oxygen atoms in total. The highest BCUT2D eigenvalue weighted by atomic mass is 16.2. The quantitative estimate of drug-likeness (QED) is 0.468. The molecule has 5 heteroatoms. The Morgan fingerprint density at radius 2 is 2.33 bits per heavy atom. The fourth-order valence-electron chi connectivity index (χ4n) is 1.20. The third kappa shape index (κ3) is 2.50. The molecule has 1 fully saturated rings. The zero-order chi connectivity index (χ0) is 8.97. The summed E-state index contributed by atoms with van der Waals surface area (Å²) in [4.78, 5) is 21.5. The second-order valence-electron chi connectivity index (χ2n) is 2.87. The third-order valence-electron chi connectivity index (χ3n) is 1.87. The van der Waals surface area contributed by atoms with Crippen molar-refractivity contribution in [1.29, 1.82) is 0 Å². The molecule has 0 saturated carbocycles. The Morgan fingerprint density at radius 1 is 1.58 bits per heavy atom. The van der Waals surface area contributed by atoms with Crippen molar-refractivity contribution in [3.05, 3.63) is 0 Å². The number of hydrogen-bond donors (Lipinski definition) is 3. The Morgan fingerprint density at radius 3 is 2.83 bits per heavy atom. The third-order valence-corrected chi connectivity index (χ3v) is 1.87. The molecule has 0 aliphatic carbocycles. The molecule has 0 aromatic heterocycles. The monoisotopic (exact) mass is 171 g/mol. The maximum atomic E-state index is 11.2. The highest BCUT2D eigenvalue weighted by Crippen LogP contribution is 2.06. The summed E-state index contributed by atoms with van der Waals surface area (Å²) in [5, 5.41) is 5.53. The summed E-state index contributed by atoms with van der Waals surface area (Å²) in [5.74, 6) is -0.586. The molecule has 0 unspecified atom stereocenters. The summed E-state index contributed by atoms with van der Waals surface area (Å²) in [6, 6.07) is 0. The Hall–Kier alpha value is -1.10. The van der Waals surface area contributed by atoms with Gasteiger partial charge in [0.1, 0.15) is 0 Å².